The molecular formula is C26H26ClFO5S. The molecule has 0 amide bonds. The van der Waals surface area contributed by atoms with Crippen LogP contribution in [-0.4, -0.2) is 45.3 Å². The minimum Gasteiger partial charge on any atom is -0.486 e. The van der Waals surface area contributed by atoms with Crippen molar-refractivity contribution in [3.63, 3.8) is 0 Å². The van der Waals surface area contributed by atoms with E-state index in [-0.39, 0.29) is 12.4 Å². The summed E-state index contributed by atoms with van der Waals surface area (Å²) in [6.07, 6.45) is -2.57. The van der Waals surface area contributed by atoms with Crippen molar-refractivity contribution >= 4 is 23.4 Å². The summed E-state index contributed by atoms with van der Waals surface area (Å²) in [5.74, 6) is -0.298. The lowest BCUT2D eigenvalue weighted by Crippen LogP contribution is -2.52. The van der Waals surface area contributed by atoms with E-state index in [1.807, 2.05) is 30.3 Å². The Morgan fingerprint density at radius 1 is 0.941 bits per heavy atom. The van der Waals surface area contributed by atoms with Crippen molar-refractivity contribution in [2.24, 2.45) is 0 Å². The Bertz CT molecular complexity index is 1110. The third-order valence-electron chi connectivity index (χ3n) is 5.83. The van der Waals surface area contributed by atoms with Crippen molar-refractivity contribution in [1.29, 1.82) is 0 Å². The van der Waals surface area contributed by atoms with Crippen LogP contribution in [0.3, 0.4) is 0 Å². The molecule has 1 aliphatic heterocycles. The highest BCUT2D eigenvalue weighted by Gasteiger charge is 2.44. The van der Waals surface area contributed by atoms with Crippen molar-refractivity contribution in [3.05, 3.63) is 99.8 Å². The van der Waals surface area contributed by atoms with E-state index in [1.54, 1.807) is 36.6 Å². The molecule has 1 heterocycles. The van der Waals surface area contributed by atoms with Gasteiger partial charge in [0.15, 0.2) is 11.6 Å². The highest BCUT2D eigenvalue weighted by Crippen LogP contribution is 2.37. The molecule has 0 bridgehead atoms. The smallest absolute Gasteiger partial charge is 0.165 e. The van der Waals surface area contributed by atoms with Gasteiger partial charge >= 0.3 is 0 Å². The van der Waals surface area contributed by atoms with Crippen LogP contribution in [0, 0.1) is 5.82 Å². The number of halogens is 2. The Labute approximate surface area is 207 Å². The largest absolute Gasteiger partial charge is 0.486 e. The lowest BCUT2D eigenvalue weighted by molar-refractivity contribution is -0.200. The Morgan fingerprint density at radius 3 is 2.41 bits per heavy atom. The van der Waals surface area contributed by atoms with Crippen LogP contribution in [0.2, 0.25) is 5.02 Å². The molecule has 3 aromatic rings. The summed E-state index contributed by atoms with van der Waals surface area (Å²) in [5, 5.41) is 31.3. The van der Waals surface area contributed by atoms with Gasteiger partial charge in [0, 0.05) is 5.02 Å². The molecule has 1 fully saturated rings. The average Bonchev–Trinajstić information content (AvgIpc) is 2.84. The van der Waals surface area contributed by atoms with Crippen molar-refractivity contribution in [2.75, 3.05) is 6.26 Å². The van der Waals surface area contributed by atoms with Crippen molar-refractivity contribution in [2.45, 2.75) is 42.9 Å². The second kappa shape index (κ2) is 11.1. The summed E-state index contributed by atoms with van der Waals surface area (Å²) >= 11 is 7.65. The second-order valence-corrected chi connectivity index (χ2v) is 9.54. The lowest BCUT2D eigenvalue weighted by Gasteiger charge is -2.40. The molecule has 1 saturated heterocycles. The maximum absolute atomic E-state index is 14.7. The molecule has 180 valence electrons. The number of ether oxygens (including phenoxy) is 2. The van der Waals surface area contributed by atoms with Gasteiger partial charge in [-0.15, -0.1) is 11.8 Å². The first-order valence-electron chi connectivity index (χ1n) is 10.8. The molecule has 5 nitrogen and oxygen atoms in total. The van der Waals surface area contributed by atoms with Crippen LogP contribution >= 0.6 is 23.4 Å². The van der Waals surface area contributed by atoms with Crippen LogP contribution in [-0.2, 0) is 17.8 Å². The highest BCUT2D eigenvalue weighted by atomic mass is 35.5. The fourth-order valence-electron chi connectivity index (χ4n) is 3.95. The minimum atomic E-state index is -1.34. The number of hydrogen-bond donors (Lipinski definition) is 3. The molecule has 3 aromatic carbocycles. The van der Waals surface area contributed by atoms with Gasteiger partial charge in [-0.3, -0.25) is 0 Å². The van der Waals surface area contributed by atoms with Crippen molar-refractivity contribution in [3.8, 4) is 5.75 Å². The maximum Gasteiger partial charge on any atom is 0.165 e. The number of benzene rings is 3. The topological polar surface area (TPSA) is 79.2 Å². The summed E-state index contributed by atoms with van der Waals surface area (Å²) < 4.78 is 26.1. The van der Waals surface area contributed by atoms with E-state index >= 15 is 0 Å². The Morgan fingerprint density at radius 2 is 1.71 bits per heavy atom. The zero-order valence-electron chi connectivity index (χ0n) is 18.5. The minimum absolute atomic E-state index is 0.168. The zero-order chi connectivity index (χ0) is 24.2. The molecule has 0 radical (unpaired) electrons. The first-order valence-corrected chi connectivity index (χ1v) is 12.5. The number of rotatable bonds is 7. The van der Waals surface area contributed by atoms with E-state index in [2.05, 4.69) is 0 Å². The molecule has 4 rings (SSSR count). The van der Waals surface area contributed by atoms with Gasteiger partial charge in [0.25, 0.3) is 0 Å². The first kappa shape index (κ1) is 25.0. The Balaban J connectivity index is 1.50. The number of hydrogen-bond acceptors (Lipinski definition) is 6. The van der Waals surface area contributed by atoms with E-state index < -0.39 is 35.7 Å². The van der Waals surface area contributed by atoms with E-state index in [0.717, 1.165) is 5.56 Å². The molecular weight excluding hydrogens is 479 g/mol. The molecule has 5 unspecified atom stereocenters. The quantitative estimate of drug-likeness (QED) is 0.440. The van der Waals surface area contributed by atoms with Crippen LogP contribution < -0.4 is 4.74 Å². The predicted molar refractivity (Wildman–Crippen MR) is 131 cm³/mol. The molecule has 34 heavy (non-hydrogen) atoms. The molecule has 0 spiro atoms. The van der Waals surface area contributed by atoms with Gasteiger partial charge in [-0.2, -0.15) is 0 Å². The monoisotopic (exact) mass is 504 g/mol. The Hall–Kier alpha value is -2.13. The van der Waals surface area contributed by atoms with E-state index in [9.17, 15) is 19.7 Å². The number of aliphatic hydroxyl groups is 3. The van der Waals surface area contributed by atoms with Crippen molar-refractivity contribution < 1.29 is 29.2 Å². The fraction of sp³-hybridized carbons (Fsp3) is 0.308. The summed E-state index contributed by atoms with van der Waals surface area (Å²) in [7, 11) is 0. The van der Waals surface area contributed by atoms with Gasteiger partial charge in [-0.25, -0.2) is 4.39 Å². The third kappa shape index (κ3) is 5.57. The van der Waals surface area contributed by atoms with Gasteiger partial charge in [0.05, 0.1) is 0 Å². The molecule has 1 aliphatic rings. The standard InChI is InChI=1S/C26H26ClFO5S/c1-34-26-24(31)22(29)23(30)25(33-26)17-8-9-19(27)18(13-17)11-16-7-10-21(20(28)12-16)32-14-15-5-3-2-4-6-15/h2-10,12-13,22-26,29-31H,11,14H2,1H3. The van der Waals surface area contributed by atoms with Gasteiger partial charge < -0.3 is 24.8 Å². The number of aliphatic hydroxyl groups excluding tert-OH is 3. The molecule has 5 atom stereocenters. The average molecular weight is 505 g/mol. The summed E-state index contributed by atoms with van der Waals surface area (Å²) in [6.45, 7) is 0.270. The van der Waals surface area contributed by atoms with Gasteiger partial charge in [0.2, 0.25) is 0 Å². The zero-order valence-corrected chi connectivity index (χ0v) is 20.0. The van der Waals surface area contributed by atoms with Gasteiger partial charge in [-0.1, -0.05) is 60.1 Å². The second-order valence-electron chi connectivity index (χ2n) is 8.20. The van der Waals surface area contributed by atoms with Gasteiger partial charge in [-0.05, 0) is 53.1 Å². The highest BCUT2D eigenvalue weighted by molar-refractivity contribution is 7.99. The first-order chi connectivity index (χ1) is 16.4. The summed E-state index contributed by atoms with van der Waals surface area (Å²) in [4.78, 5) is 0. The van der Waals surface area contributed by atoms with Crippen LogP contribution in [0.15, 0.2) is 66.7 Å². The van der Waals surface area contributed by atoms with Gasteiger partial charge in [0.1, 0.15) is 36.5 Å². The van der Waals surface area contributed by atoms with Crippen LogP contribution in [0.4, 0.5) is 4.39 Å². The molecule has 0 aromatic heterocycles. The molecule has 8 heteroatoms. The molecule has 0 aliphatic carbocycles. The van der Waals surface area contributed by atoms with E-state index in [1.165, 1.54) is 17.8 Å². The predicted octanol–water partition coefficient (Wildman–Crippen LogP) is 4.49. The number of thioether (sulfide) groups is 1. The van der Waals surface area contributed by atoms with Crippen LogP contribution in [0.5, 0.6) is 5.75 Å². The van der Waals surface area contributed by atoms with Crippen LogP contribution in [0.1, 0.15) is 28.4 Å². The Kier molecular flexibility index (Phi) is 8.14. The summed E-state index contributed by atoms with van der Waals surface area (Å²) in [6, 6.07) is 19.5. The van der Waals surface area contributed by atoms with Crippen molar-refractivity contribution in [1.82, 2.24) is 0 Å². The normalized spacial score (nSPS) is 24.7. The fourth-order valence-corrected chi connectivity index (χ4v) is 4.81. The lowest BCUT2D eigenvalue weighted by atomic mass is 9.92. The molecule has 3 N–H and O–H groups in total. The molecule has 0 saturated carbocycles. The SMILES string of the molecule is CSC1OC(c2ccc(Cl)c(Cc3ccc(OCc4ccccc4)c(F)c3)c2)C(O)C(O)C1O. The van der Waals surface area contributed by atoms with E-state index in [4.69, 9.17) is 21.1 Å². The third-order valence-corrected chi connectivity index (χ3v) is 7.05. The van der Waals surface area contributed by atoms with Crippen LogP contribution in [0.25, 0.3) is 0 Å². The summed E-state index contributed by atoms with van der Waals surface area (Å²) in [5.41, 5.74) is 2.29. The van der Waals surface area contributed by atoms with E-state index in [0.29, 0.717) is 28.1 Å². The maximum atomic E-state index is 14.7.